The molecular formula is C29H31N3S. The van der Waals surface area contributed by atoms with Gasteiger partial charge in [0.1, 0.15) is 0 Å². The zero-order valence-electron chi connectivity index (χ0n) is 19.6. The van der Waals surface area contributed by atoms with Gasteiger partial charge in [-0.1, -0.05) is 71.8 Å². The fraction of sp³-hybridized carbons (Fsp3) is 0.207. The van der Waals surface area contributed by atoms with Gasteiger partial charge in [0.2, 0.25) is 0 Å². The van der Waals surface area contributed by atoms with E-state index in [1.54, 1.807) is 0 Å². The van der Waals surface area contributed by atoms with Crippen LogP contribution in [0.15, 0.2) is 91.1 Å². The van der Waals surface area contributed by atoms with Gasteiger partial charge in [-0.25, -0.2) is 0 Å². The Morgan fingerprint density at radius 3 is 2.27 bits per heavy atom. The molecule has 1 aromatic heterocycles. The van der Waals surface area contributed by atoms with Crippen LogP contribution in [0.25, 0.3) is 0 Å². The lowest BCUT2D eigenvalue weighted by atomic mass is 10.1. The molecule has 0 unspecified atom stereocenters. The maximum absolute atomic E-state index is 5.88. The van der Waals surface area contributed by atoms with E-state index in [-0.39, 0.29) is 0 Å². The molecule has 0 aliphatic heterocycles. The average molecular weight is 454 g/mol. The molecule has 33 heavy (non-hydrogen) atoms. The van der Waals surface area contributed by atoms with Crippen molar-refractivity contribution >= 4 is 23.0 Å². The van der Waals surface area contributed by atoms with Crippen LogP contribution in [-0.2, 0) is 19.6 Å². The Kier molecular flexibility index (Phi) is 7.26. The smallest absolute Gasteiger partial charge is 0.174 e. The van der Waals surface area contributed by atoms with E-state index in [2.05, 4.69) is 121 Å². The summed E-state index contributed by atoms with van der Waals surface area (Å²) in [6.45, 7) is 8.74. The van der Waals surface area contributed by atoms with Gasteiger partial charge in [0, 0.05) is 30.7 Å². The highest BCUT2D eigenvalue weighted by atomic mass is 32.1. The van der Waals surface area contributed by atoms with Crippen LogP contribution in [0, 0.1) is 20.8 Å². The van der Waals surface area contributed by atoms with Gasteiger partial charge in [-0.3, -0.25) is 0 Å². The molecule has 1 heterocycles. The van der Waals surface area contributed by atoms with E-state index in [0.29, 0.717) is 0 Å². The van der Waals surface area contributed by atoms with Gasteiger partial charge in [0.15, 0.2) is 5.11 Å². The minimum absolute atomic E-state index is 0.724. The minimum atomic E-state index is 0.724. The van der Waals surface area contributed by atoms with Gasteiger partial charge in [-0.05, 0) is 73.9 Å². The number of aromatic nitrogens is 1. The van der Waals surface area contributed by atoms with Gasteiger partial charge < -0.3 is 14.8 Å². The van der Waals surface area contributed by atoms with Crippen molar-refractivity contribution in [3.63, 3.8) is 0 Å². The summed E-state index contributed by atoms with van der Waals surface area (Å²) in [6, 6.07) is 29.8. The number of anilines is 1. The van der Waals surface area contributed by atoms with E-state index >= 15 is 0 Å². The molecular weight excluding hydrogens is 422 g/mol. The van der Waals surface area contributed by atoms with Gasteiger partial charge in [0.05, 0.1) is 6.54 Å². The number of rotatable bonds is 7. The highest BCUT2D eigenvalue weighted by Crippen LogP contribution is 2.18. The Hall–Kier alpha value is -3.37. The molecule has 0 saturated heterocycles. The van der Waals surface area contributed by atoms with E-state index in [0.717, 1.165) is 30.4 Å². The molecule has 3 nitrogen and oxygen atoms in total. The number of benzene rings is 3. The molecule has 0 atom stereocenters. The largest absolute Gasteiger partial charge is 0.345 e. The monoisotopic (exact) mass is 453 g/mol. The summed E-state index contributed by atoms with van der Waals surface area (Å²) in [7, 11) is 0. The third-order valence-electron chi connectivity index (χ3n) is 5.92. The molecule has 0 radical (unpaired) electrons. The summed E-state index contributed by atoms with van der Waals surface area (Å²) < 4.78 is 2.32. The highest BCUT2D eigenvalue weighted by molar-refractivity contribution is 7.80. The van der Waals surface area contributed by atoms with Crippen LogP contribution < -0.4 is 5.32 Å². The standard InChI is InChI=1S/C29H31N3S/c1-22-12-15-27(16-13-22)30-29(33)32(19-25-8-5-4-6-9-25)21-28-10-7-17-31(28)20-26-14-11-23(2)18-24(26)3/h4-18H,19-21H2,1-3H3,(H,30,33). The molecule has 0 saturated carbocycles. The van der Waals surface area contributed by atoms with Gasteiger partial charge >= 0.3 is 0 Å². The number of nitrogens with one attached hydrogen (secondary N) is 1. The number of thiocarbonyl (C=S) groups is 1. The molecule has 4 heteroatoms. The number of aryl methyl sites for hydroxylation is 3. The van der Waals surface area contributed by atoms with Crippen LogP contribution in [0.5, 0.6) is 0 Å². The van der Waals surface area contributed by atoms with Crippen molar-refractivity contribution in [3.05, 3.63) is 125 Å². The zero-order valence-corrected chi connectivity index (χ0v) is 20.4. The fourth-order valence-electron chi connectivity index (χ4n) is 3.99. The summed E-state index contributed by atoms with van der Waals surface area (Å²) >= 11 is 5.88. The van der Waals surface area contributed by atoms with Crippen molar-refractivity contribution < 1.29 is 0 Å². The van der Waals surface area contributed by atoms with Crippen molar-refractivity contribution in [2.75, 3.05) is 5.32 Å². The summed E-state index contributed by atoms with van der Waals surface area (Å²) in [4.78, 5) is 2.23. The summed E-state index contributed by atoms with van der Waals surface area (Å²) in [5.74, 6) is 0. The van der Waals surface area contributed by atoms with Crippen LogP contribution in [0.2, 0.25) is 0 Å². The molecule has 3 aromatic carbocycles. The maximum atomic E-state index is 5.88. The first kappa shape index (κ1) is 22.8. The molecule has 168 valence electrons. The van der Waals surface area contributed by atoms with Crippen LogP contribution in [0.4, 0.5) is 5.69 Å². The first-order valence-corrected chi connectivity index (χ1v) is 11.8. The number of hydrogen-bond acceptors (Lipinski definition) is 1. The third-order valence-corrected chi connectivity index (χ3v) is 6.28. The second kappa shape index (κ2) is 10.5. The maximum Gasteiger partial charge on any atom is 0.174 e. The summed E-state index contributed by atoms with van der Waals surface area (Å²) in [5, 5.41) is 4.16. The Morgan fingerprint density at radius 1 is 0.818 bits per heavy atom. The van der Waals surface area contributed by atoms with E-state index in [1.165, 1.54) is 33.5 Å². The summed E-state index contributed by atoms with van der Waals surface area (Å²) in [6.07, 6.45) is 2.16. The van der Waals surface area contributed by atoms with Gasteiger partial charge in [-0.2, -0.15) is 0 Å². The molecule has 4 rings (SSSR count). The van der Waals surface area contributed by atoms with E-state index < -0.39 is 0 Å². The lowest BCUT2D eigenvalue weighted by Gasteiger charge is -2.27. The van der Waals surface area contributed by atoms with Crippen molar-refractivity contribution in [1.82, 2.24) is 9.47 Å². The van der Waals surface area contributed by atoms with Crippen molar-refractivity contribution in [2.24, 2.45) is 0 Å². The number of hydrogen-bond donors (Lipinski definition) is 1. The fourth-order valence-corrected chi connectivity index (χ4v) is 4.24. The van der Waals surface area contributed by atoms with Crippen molar-refractivity contribution in [2.45, 2.75) is 40.4 Å². The van der Waals surface area contributed by atoms with Gasteiger partial charge in [-0.15, -0.1) is 0 Å². The second-order valence-corrected chi connectivity index (χ2v) is 9.08. The Balaban J connectivity index is 1.55. The molecule has 4 aromatic rings. The Labute approximate surface area is 202 Å². The highest BCUT2D eigenvalue weighted by Gasteiger charge is 2.14. The predicted molar refractivity (Wildman–Crippen MR) is 143 cm³/mol. The quantitative estimate of drug-likeness (QED) is 0.309. The van der Waals surface area contributed by atoms with E-state index in [4.69, 9.17) is 12.2 Å². The third kappa shape index (κ3) is 6.11. The van der Waals surface area contributed by atoms with Crippen LogP contribution in [-0.4, -0.2) is 14.6 Å². The topological polar surface area (TPSA) is 20.2 Å². The Bertz CT molecular complexity index is 1210. The van der Waals surface area contributed by atoms with E-state index in [9.17, 15) is 0 Å². The number of nitrogens with zero attached hydrogens (tertiary/aromatic N) is 2. The average Bonchev–Trinajstić information content (AvgIpc) is 3.24. The molecule has 0 fully saturated rings. The van der Waals surface area contributed by atoms with Crippen LogP contribution in [0.3, 0.4) is 0 Å². The SMILES string of the molecule is Cc1ccc(NC(=S)N(Cc2ccccc2)Cc2cccn2Cc2ccc(C)cc2C)cc1. The molecule has 0 amide bonds. The zero-order chi connectivity index (χ0) is 23.2. The molecule has 0 bridgehead atoms. The lowest BCUT2D eigenvalue weighted by Crippen LogP contribution is -2.34. The first-order chi connectivity index (χ1) is 16.0. The van der Waals surface area contributed by atoms with Gasteiger partial charge in [0.25, 0.3) is 0 Å². The summed E-state index contributed by atoms with van der Waals surface area (Å²) in [5.41, 5.74) is 8.68. The normalized spacial score (nSPS) is 10.8. The van der Waals surface area contributed by atoms with E-state index in [1.807, 2.05) is 6.07 Å². The Morgan fingerprint density at radius 2 is 1.55 bits per heavy atom. The molecule has 1 N–H and O–H groups in total. The van der Waals surface area contributed by atoms with Crippen LogP contribution in [0.1, 0.15) is 33.5 Å². The molecule has 0 aliphatic rings. The molecule has 0 spiro atoms. The van der Waals surface area contributed by atoms with Crippen LogP contribution >= 0.6 is 12.2 Å². The minimum Gasteiger partial charge on any atom is -0.345 e. The van der Waals surface area contributed by atoms with Crippen molar-refractivity contribution in [1.29, 1.82) is 0 Å². The molecule has 0 aliphatic carbocycles. The predicted octanol–water partition coefficient (Wildman–Crippen LogP) is 6.86. The lowest BCUT2D eigenvalue weighted by molar-refractivity contribution is 0.399. The second-order valence-electron chi connectivity index (χ2n) is 8.70. The van der Waals surface area contributed by atoms with Crippen molar-refractivity contribution in [3.8, 4) is 0 Å². The first-order valence-electron chi connectivity index (χ1n) is 11.3.